The fourth-order valence-electron chi connectivity index (χ4n) is 2.09. The molecule has 19 heavy (non-hydrogen) atoms. The van der Waals surface area contributed by atoms with E-state index >= 15 is 0 Å². The van der Waals surface area contributed by atoms with Crippen molar-refractivity contribution < 1.29 is 4.74 Å². The first-order chi connectivity index (χ1) is 9.04. The number of aromatic amines is 1. The average molecular weight is 280 g/mol. The molecule has 0 aliphatic heterocycles. The number of nitrogens with one attached hydrogen (secondary N) is 1. The van der Waals surface area contributed by atoms with Crippen LogP contribution in [0.15, 0.2) is 12.2 Å². The van der Waals surface area contributed by atoms with Gasteiger partial charge in [0, 0.05) is 6.54 Å². The molecule has 0 radical (unpaired) electrons. The van der Waals surface area contributed by atoms with E-state index in [0.29, 0.717) is 13.2 Å². The number of aromatic nitrogens is 4. The van der Waals surface area contributed by atoms with Crippen molar-refractivity contribution in [2.75, 3.05) is 13.2 Å². The molecule has 104 valence electrons. The second-order valence-electron chi connectivity index (χ2n) is 4.69. The van der Waals surface area contributed by atoms with Crippen LogP contribution in [0.5, 0.6) is 0 Å². The normalized spacial score (nSPS) is 11.3. The topological polar surface area (TPSA) is 47.8 Å². The lowest BCUT2D eigenvalue weighted by Crippen LogP contribution is -2.10. The van der Waals surface area contributed by atoms with E-state index in [1.54, 1.807) is 0 Å². The summed E-state index contributed by atoms with van der Waals surface area (Å²) in [5, 5.41) is 4.49. The Morgan fingerprint density at radius 3 is 2.89 bits per heavy atom. The lowest BCUT2D eigenvalue weighted by molar-refractivity contribution is 0.147. The SMILES string of the molecule is C=C(C)COCCn1c(=S)[nH]c2c(C)nn(CC)c21. The van der Waals surface area contributed by atoms with Crippen LogP contribution in [0.3, 0.4) is 0 Å². The highest BCUT2D eigenvalue weighted by atomic mass is 32.1. The van der Waals surface area contributed by atoms with Crippen LogP contribution in [0.4, 0.5) is 0 Å². The van der Waals surface area contributed by atoms with Gasteiger partial charge in [-0.1, -0.05) is 12.2 Å². The van der Waals surface area contributed by atoms with Gasteiger partial charge in [0.15, 0.2) is 10.4 Å². The van der Waals surface area contributed by atoms with Crippen molar-refractivity contribution >= 4 is 23.4 Å². The van der Waals surface area contributed by atoms with E-state index in [2.05, 4.69) is 23.6 Å². The first kappa shape index (κ1) is 14.0. The second kappa shape index (κ2) is 5.71. The van der Waals surface area contributed by atoms with E-state index in [-0.39, 0.29) is 0 Å². The molecule has 0 amide bonds. The molecule has 2 heterocycles. The molecule has 2 aromatic heterocycles. The molecule has 0 aliphatic carbocycles. The van der Waals surface area contributed by atoms with E-state index < -0.39 is 0 Å². The van der Waals surface area contributed by atoms with Crippen molar-refractivity contribution in [1.29, 1.82) is 0 Å². The van der Waals surface area contributed by atoms with Crippen LogP contribution in [-0.4, -0.2) is 32.5 Å². The highest BCUT2D eigenvalue weighted by Crippen LogP contribution is 2.17. The van der Waals surface area contributed by atoms with Gasteiger partial charge in [0.05, 0.1) is 25.5 Å². The summed E-state index contributed by atoms with van der Waals surface area (Å²) in [7, 11) is 0. The summed E-state index contributed by atoms with van der Waals surface area (Å²) in [6.45, 7) is 12.6. The van der Waals surface area contributed by atoms with Crippen molar-refractivity contribution in [3.8, 4) is 0 Å². The molecule has 0 aromatic carbocycles. The molecule has 2 aromatic rings. The van der Waals surface area contributed by atoms with Crippen molar-refractivity contribution in [3.05, 3.63) is 22.6 Å². The van der Waals surface area contributed by atoms with Crippen molar-refractivity contribution in [2.24, 2.45) is 0 Å². The number of aryl methyl sites for hydroxylation is 2. The minimum absolute atomic E-state index is 0.590. The van der Waals surface area contributed by atoms with E-state index in [1.165, 1.54) is 0 Å². The summed E-state index contributed by atoms with van der Waals surface area (Å²) in [5.41, 5.74) is 4.07. The summed E-state index contributed by atoms with van der Waals surface area (Å²) < 4.78 is 10.3. The van der Waals surface area contributed by atoms with Gasteiger partial charge >= 0.3 is 0 Å². The predicted octanol–water partition coefficient (Wildman–Crippen LogP) is 2.82. The minimum Gasteiger partial charge on any atom is -0.375 e. The second-order valence-corrected chi connectivity index (χ2v) is 5.08. The molecule has 1 N–H and O–H groups in total. The molecule has 0 aliphatic rings. The first-order valence-corrected chi connectivity index (χ1v) is 6.83. The van der Waals surface area contributed by atoms with Crippen molar-refractivity contribution in [3.63, 3.8) is 0 Å². The zero-order valence-electron chi connectivity index (χ0n) is 11.7. The Morgan fingerprint density at radius 1 is 1.53 bits per heavy atom. The zero-order chi connectivity index (χ0) is 14.0. The number of nitrogens with zero attached hydrogens (tertiary/aromatic N) is 3. The first-order valence-electron chi connectivity index (χ1n) is 6.42. The molecule has 0 bridgehead atoms. The molecule has 0 fully saturated rings. The number of hydrogen-bond donors (Lipinski definition) is 1. The smallest absolute Gasteiger partial charge is 0.179 e. The Labute approximate surface area is 117 Å². The number of imidazole rings is 1. The lowest BCUT2D eigenvalue weighted by atomic mass is 10.4. The van der Waals surface area contributed by atoms with E-state index in [4.69, 9.17) is 17.0 Å². The fraction of sp³-hybridized carbons (Fsp3) is 0.538. The minimum atomic E-state index is 0.590. The van der Waals surface area contributed by atoms with Gasteiger partial charge in [0.2, 0.25) is 0 Å². The van der Waals surface area contributed by atoms with Crippen LogP contribution in [0.25, 0.3) is 11.2 Å². The zero-order valence-corrected chi connectivity index (χ0v) is 12.5. The van der Waals surface area contributed by atoms with Gasteiger partial charge in [0.25, 0.3) is 0 Å². The number of ether oxygens (including phenoxy) is 1. The highest BCUT2D eigenvalue weighted by Gasteiger charge is 2.13. The van der Waals surface area contributed by atoms with Crippen LogP contribution in [0.2, 0.25) is 0 Å². The van der Waals surface area contributed by atoms with Gasteiger partial charge in [-0.15, -0.1) is 0 Å². The van der Waals surface area contributed by atoms with Crippen LogP contribution in [0.1, 0.15) is 19.5 Å². The molecule has 2 rings (SSSR count). The number of rotatable bonds is 6. The van der Waals surface area contributed by atoms with Crippen molar-refractivity contribution in [1.82, 2.24) is 19.3 Å². The number of fused-ring (bicyclic) bond motifs is 1. The molecule has 0 spiro atoms. The largest absolute Gasteiger partial charge is 0.375 e. The summed E-state index contributed by atoms with van der Waals surface area (Å²) in [6, 6.07) is 0. The third-order valence-electron chi connectivity index (χ3n) is 2.94. The molecule has 6 heteroatoms. The quantitative estimate of drug-likeness (QED) is 0.503. The summed E-state index contributed by atoms with van der Waals surface area (Å²) in [6.07, 6.45) is 0. The fourth-order valence-corrected chi connectivity index (χ4v) is 2.37. The van der Waals surface area contributed by atoms with Gasteiger partial charge < -0.3 is 9.72 Å². The predicted molar refractivity (Wildman–Crippen MR) is 79.0 cm³/mol. The van der Waals surface area contributed by atoms with Crippen LogP contribution >= 0.6 is 12.2 Å². The maximum Gasteiger partial charge on any atom is 0.179 e. The third-order valence-corrected chi connectivity index (χ3v) is 3.26. The van der Waals surface area contributed by atoms with E-state index in [0.717, 1.165) is 40.3 Å². The molecule has 5 nitrogen and oxygen atoms in total. The molecular weight excluding hydrogens is 260 g/mol. The number of hydrogen-bond acceptors (Lipinski definition) is 3. The Balaban J connectivity index is 2.24. The molecule has 0 atom stereocenters. The Kier molecular flexibility index (Phi) is 4.21. The van der Waals surface area contributed by atoms with Crippen LogP contribution in [0, 0.1) is 11.7 Å². The van der Waals surface area contributed by atoms with Crippen LogP contribution < -0.4 is 0 Å². The maximum atomic E-state index is 5.54. The van der Waals surface area contributed by atoms with Gasteiger partial charge in [-0.05, 0) is 33.0 Å². The van der Waals surface area contributed by atoms with Crippen LogP contribution in [-0.2, 0) is 17.8 Å². The maximum absolute atomic E-state index is 5.54. The Hall–Kier alpha value is -1.40. The van der Waals surface area contributed by atoms with E-state index in [1.807, 2.05) is 23.1 Å². The van der Waals surface area contributed by atoms with E-state index in [9.17, 15) is 0 Å². The highest BCUT2D eigenvalue weighted by molar-refractivity contribution is 7.71. The monoisotopic (exact) mass is 280 g/mol. The van der Waals surface area contributed by atoms with Crippen molar-refractivity contribution in [2.45, 2.75) is 33.9 Å². The lowest BCUT2D eigenvalue weighted by Gasteiger charge is -2.07. The van der Waals surface area contributed by atoms with Gasteiger partial charge in [-0.25, -0.2) is 4.68 Å². The van der Waals surface area contributed by atoms with Gasteiger partial charge in [-0.2, -0.15) is 5.10 Å². The number of H-pyrrole nitrogens is 1. The summed E-state index contributed by atoms with van der Waals surface area (Å²) in [4.78, 5) is 3.22. The van der Waals surface area contributed by atoms with Gasteiger partial charge in [0.1, 0.15) is 5.52 Å². The molecule has 0 saturated carbocycles. The summed E-state index contributed by atoms with van der Waals surface area (Å²) in [5.74, 6) is 0. The summed E-state index contributed by atoms with van der Waals surface area (Å²) >= 11 is 5.37. The Morgan fingerprint density at radius 2 is 2.26 bits per heavy atom. The van der Waals surface area contributed by atoms with Gasteiger partial charge in [-0.3, -0.25) is 4.57 Å². The average Bonchev–Trinajstić information content (AvgIpc) is 2.83. The molecule has 0 unspecified atom stereocenters. The Bertz CT molecular complexity index is 649. The standard InChI is InChI=1S/C13H20N4OS/c1-5-17-12-11(10(4)15-17)14-13(19)16(12)6-7-18-8-9(2)3/h2,5-8H2,1,3-4H3,(H,14,19). The third kappa shape index (κ3) is 2.79. The molecule has 0 saturated heterocycles. The molecular formula is C13H20N4OS.